The monoisotopic (exact) mass is 197 g/mol. The molecule has 10 heavy (non-hydrogen) atoms. The lowest BCUT2D eigenvalue weighted by atomic mass is 10.2. The molecule has 62 valence electrons. The molecule has 0 saturated heterocycles. The molecule has 0 heterocycles. The average molecular weight is 197 g/mol. The van der Waals surface area contributed by atoms with Crippen LogP contribution in [0.5, 0.6) is 0 Å². The van der Waals surface area contributed by atoms with Crippen molar-refractivity contribution in [2.45, 2.75) is 23.3 Å². The molecule has 0 saturated carbocycles. The van der Waals surface area contributed by atoms with Gasteiger partial charge < -0.3 is 5.73 Å². The minimum Gasteiger partial charge on any atom is -0.330 e. The first-order valence-electron chi connectivity index (χ1n) is 3.39. The summed E-state index contributed by atoms with van der Waals surface area (Å²) in [6, 6.07) is 0. The number of hydrogen-bond donors (Lipinski definition) is 4. The average Bonchev–Trinajstić information content (AvgIpc) is 1.89. The van der Waals surface area contributed by atoms with Crippen LogP contribution in [0, 0.1) is 0 Å². The molecule has 0 bridgehead atoms. The molecule has 0 spiro atoms. The van der Waals surface area contributed by atoms with E-state index >= 15 is 0 Å². The summed E-state index contributed by atoms with van der Waals surface area (Å²) in [5, 5.41) is 0.657. The lowest BCUT2D eigenvalue weighted by Crippen LogP contribution is -2.19. The Labute approximate surface area is 79.4 Å². The van der Waals surface area contributed by atoms with Gasteiger partial charge in [-0.25, -0.2) is 0 Å². The Hall–Kier alpha value is 1.01. The van der Waals surface area contributed by atoms with E-state index < -0.39 is 0 Å². The van der Waals surface area contributed by atoms with E-state index in [0.717, 1.165) is 18.6 Å². The maximum Gasteiger partial charge on any atom is 0.0146 e. The summed E-state index contributed by atoms with van der Waals surface area (Å²) in [5.74, 6) is 0.871. The summed E-state index contributed by atoms with van der Waals surface area (Å²) in [6.45, 7) is 0.692. The molecular weight excluding hydrogens is 182 g/mol. The lowest BCUT2D eigenvalue weighted by molar-refractivity contribution is 0.718. The van der Waals surface area contributed by atoms with Crippen molar-refractivity contribution in [1.29, 1.82) is 0 Å². The molecule has 0 aromatic heterocycles. The van der Waals surface area contributed by atoms with Crippen molar-refractivity contribution in [3.8, 4) is 0 Å². The zero-order chi connectivity index (χ0) is 7.98. The quantitative estimate of drug-likeness (QED) is 0.491. The van der Waals surface area contributed by atoms with Crippen LogP contribution in [0.2, 0.25) is 0 Å². The Morgan fingerprint density at radius 1 is 1.10 bits per heavy atom. The van der Waals surface area contributed by atoms with Crippen molar-refractivity contribution in [2.24, 2.45) is 5.73 Å². The first kappa shape index (κ1) is 11.0. The van der Waals surface area contributed by atoms with Crippen LogP contribution in [0.1, 0.15) is 12.8 Å². The predicted molar refractivity (Wildman–Crippen MR) is 57.7 cm³/mol. The zero-order valence-corrected chi connectivity index (χ0v) is 8.59. The Kier molecular flexibility index (Phi) is 7.38. The van der Waals surface area contributed by atoms with Gasteiger partial charge in [0.15, 0.2) is 0 Å². The summed E-state index contributed by atoms with van der Waals surface area (Å²) >= 11 is 12.8. The summed E-state index contributed by atoms with van der Waals surface area (Å²) < 4.78 is 0. The third-order valence-electron chi connectivity index (χ3n) is 1.33. The second-order valence-corrected chi connectivity index (χ2v) is 4.00. The Morgan fingerprint density at radius 3 is 2.00 bits per heavy atom. The van der Waals surface area contributed by atoms with E-state index in [2.05, 4.69) is 37.9 Å². The van der Waals surface area contributed by atoms with E-state index in [0.29, 0.717) is 17.0 Å². The van der Waals surface area contributed by atoms with E-state index in [9.17, 15) is 0 Å². The van der Waals surface area contributed by atoms with Gasteiger partial charge in [0, 0.05) is 10.5 Å². The standard InChI is InChI=1S/C6H15NS3/c7-3-1-5(9)6(10)2-4-8/h5-6,8-10H,1-4,7H2. The summed E-state index contributed by atoms with van der Waals surface area (Å²) in [7, 11) is 0. The van der Waals surface area contributed by atoms with Crippen LogP contribution in [0.3, 0.4) is 0 Å². The van der Waals surface area contributed by atoms with Crippen molar-refractivity contribution in [3.05, 3.63) is 0 Å². The molecule has 0 fully saturated rings. The van der Waals surface area contributed by atoms with E-state index in [4.69, 9.17) is 5.73 Å². The van der Waals surface area contributed by atoms with Crippen LogP contribution in [0.15, 0.2) is 0 Å². The van der Waals surface area contributed by atoms with E-state index in [1.54, 1.807) is 0 Å². The highest BCUT2D eigenvalue weighted by Gasteiger charge is 2.11. The molecule has 1 nitrogen and oxygen atoms in total. The van der Waals surface area contributed by atoms with Gasteiger partial charge in [0.05, 0.1) is 0 Å². The van der Waals surface area contributed by atoms with Crippen LogP contribution in [-0.2, 0) is 0 Å². The fourth-order valence-corrected chi connectivity index (χ4v) is 1.75. The van der Waals surface area contributed by atoms with Gasteiger partial charge in [-0.3, -0.25) is 0 Å². The van der Waals surface area contributed by atoms with Crippen molar-refractivity contribution >= 4 is 37.9 Å². The fraction of sp³-hybridized carbons (Fsp3) is 1.00. The number of thiol groups is 3. The smallest absolute Gasteiger partial charge is 0.0146 e. The molecule has 4 heteroatoms. The largest absolute Gasteiger partial charge is 0.330 e. The third kappa shape index (κ3) is 4.77. The van der Waals surface area contributed by atoms with Gasteiger partial charge in [-0.1, -0.05) is 0 Å². The minimum atomic E-state index is 0.320. The summed E-state index contributed by atoms with van der Waals surface area (Å²) in [6.07, 6.45) is 1.94. The number of hydrogen-bond acceptors (Lipinski definition) is 4. The predicted octanol–water partition coefficient (Wildman–Crippen LogP) is 1.25. The van der Waals surface area contributed by atoms with Gasteiger partial charge >= 0.3 is 0 Å². The molecule has 0 aromatic carbocycles. The second kappa shape index (κ2) is 6.70. The Morgan fingerprint density at radius 2 is 1.60 bits per heavy atom. The molecule has 2 N–H and O–H groups in total. The van der Waals surface area contributed by atoms with E-state index in [1.165, 1.54) is 0 Å². The van der Waals surface area contributed by atoms with Gasteiger partial charge in [-0.2, -0.15) is 37.9 Å². The maximum atomic E-state index is 5.36. The van der Waals surface area contributed by atoms with Crippen molar-refractivity contribution in [1.82, 2.24) is 0 Å². The molecule has 2 unspecified atom stereocenters. The Bertz CT molecular complexity index is 69.4. The number of rotatable bonds is 5. The van der Waals surface area contributed by atoms with E-state index in [1.807, 2.05) is 0 Å². The zero-order valence-electron chi connectivity index (χ0n) is 5.90. The van der Waals surface area contributed by atoms with Crippen molar-refractivity contribution in [2.75, 3.05) is 12.3 Å². The van der Waals surface area contributed by atoms with Crippen molar-refractivity contribution < 1.29 is 0 Å². The van der Waals surface area contributed by atoms with Gasteiger partial charge in [-0.15, -0.1) is 0 Å². The number of nitrogens with two attached hydrogens (primary N) is 1. The molecule has 0 aliphatic carbocycles. The second-order valence-electron chi connectivity index (χ2n) is 2.22. The van der Waals surface area contributed by atoms with Gasteiger partial charge in [0.25, 0.3) is 0 Å². The van der Waals surface area contributed by atoms with Gasteiger partial charge in [-0.05, 0) is 25.1 Å². The molecule has 0 radical (unpaired) electrons. The molecule has 2 atom stereocenters. The highest BCUT2D eigenvalue weighted by Crippen LogP contribution is 2.15. The van der Waals surface area contributed by atoms with Crippen LogP contribution in [0.4, 0.5) is 0 Å². The third-order valence-corrected chi connectivity index (χ3v) is 3.06. The van der Waals surface area contributed by atoms with Crippen LogP contribution >= 0.6 is 37.9 Å². The van der Waals surface area contributed by atoms with Crippen LogP contribution in [0.25, 0.3) is 0 Å². The SMILES string of the molecule is NCCC(S)C(S)CCS. The summed E-state index contributed by atoms with van der Waals surface area (Å²) in [4.78, 5) is 0. The molecular formula is C6H15NS3. The first-order chi connectivity index (χ1) is 4.72. The normalized spacial score (nSPS) is 16.8. The lowest BCUT2D eigenvalue weighted by Gasteiger charge is -2.15. The Balaban J connectivity index is 3.38. The fourth-order valence-electron chi connectivity index (χ4n) is 0.688. The topological polar surface area (TPSA) is 26.0 Å². The maximum absolute atomic E-state index is 5.36. The van der Waals surface area contributed by atoms with Crippen LogP contribution < -0.4 is 5.73 Å². The molecule has 0 aliphatic rings. The highest BCUT2D eigenvalue weighted by atomic mass is 32.1. The summed E-state index contributed by atoms with van der Waals surface area (Å²) in [5.41, 5.74) is 5.36. The van der Waals surface area contributed by atoms with E-state index in [-0.39, 0.29) is 0 Å². The van der Waals surface area contributed by atoms with Crippen LogP contribution in [-0.4, -0.2) is 22.8 Å². The van der Waals surface area contributed by atoms with Crippen molar-refractivity contribution in [3.63, 3.8) is 0 Å². The first-order valence-corrected chi connectivity index (χ1v) is 5.06. The van der Waals surface area contributed by atoms with Gasteiger partial charge in [0.2, 0.25) is 0 Å². The van der Waals surface area contributed by atoms with Gasteiger partial charge in [0.1, 0.15) is 0 Å². The minimum absolute atomic E-state index is 0.320. The molecule has 0 amide bonds. The molecule has 0 aromatic rings. The molecule has 0 aliphatic heterocycles. The molecule has 0 rings (SSSR count). The highest BCUT2D eigenvalue weighted by molar-refractivity contribution is 7.85.